The molecule has 0 radical (unpaired) electrons. The fraction of sp³-hybridized carbons (Fsp3) is 0.0566. The monoisotopic (exact) mass is 764 g/mol. The molecule has 2 aliphatic heterocycles. The van der Waals surface area contributed by atoms with Gasteiger partial charge in [-0.05, 0) is 119 Å². The van der Waals surface area contributed by atoms with Gasteiger partial charge in [-0.1, -0.05) is 104 Å². The van der Waals surface area contributed by atoms with Crippen molar-refractivity contribution in [3.8, 4) is 45.3 Å². The maximum atomic E-state index is 6.84. The van der Waals surface area contributed by atoms with Gasteiger partial charge < -0.3 is 19.3 Å². The van der Waals surface area contributed by atoms with E-state index in [0.29, 0.717) is 0 Å². The second-order valence-corrected chi connectivity index (χ2v) is 21.3. The summed E-state index contributed by atoms with van der Waals surface area (Å²) in [4.78, 5) is 4.61. The first-order chi connectivity index (χ1) is 28.4. The summed E-state index contributed by atoms with van der Waals surface area (Å²) in [6.07, 6.45) is 0. The van der Waals surface area contributed by atoms with Crippen LogP contribution in [0.15, 0.2) is 188 Å². The smallest absolute Gasteiger partial charge is 0.137 e. The molecular weight excluding hydrogens is 725 g/mol. The van der Waals surface area contributed by atoms with E-state index in [1.807, 2.05) is 0 Å². The molecule has 2 heterocycles. The number of rotatable bonds is 7. The molecule has 0 aromatic heterocycles. The van der Waals surface area contributed by atoms with Crippen LogP contribution in [0.1, 0.15) is 0 Å². The van der Waals surface area contributed by atoms with Gasteiger partial charge in [-0.15, -0.1) is 0 Å². The summed E-state index contributed by atoms with van der Waals surface area (Å²) >= 11 is 0. The Morgan fingerprint density at radius 1 is 0.328 bits per heavy atom. The molecular formula is C53H40N2O2Si. The molecule has 0 saturated carbocycles. The Morgan fingerprint density at radius 2 is 0.741 bits per heavy atom. The molecule has 0 saturated heterocycles. The van der Waals surface area contributed by atoms with Crippen molar-refractivity contribution in [3.63, 3.8) is 0 Å². The molecule has 2 aliphatic rings. The third kappa shape index (κ3) is 5.66. The lowest BCUT2D eigenvalue weighted by Crippen LogP contribution is -2.37. The first-order valence-corrected chi connectivity index (χ1v) is 23.4. The Hall–Kier alpha value is -7.08. The molecule has 5 heteroatoms. The summed E-state index contributed by atoms with van der Waals surface area (Å²) in [5, 5.41) is 6.01. The Labute approximate surface area is 339 Å². The van der Waals surface area contributed by atoms with Gasteiger partial charge in [0, 0.05) is 68.2 Å². The van der Waals surface area contributed by atoms with E-state index in [2.05, 4.69) is 217 Å². The first-order valence-electron chi connectivity index (χ1n) is 19.9. The van der Waals surface area contributed by atoms with Crippen LogP contribution < -0.4 is 24.5 Å². The predicted molar refractivity (Wildman–Crippen MR) is 245 cm³/mol. The van der Waals surface area contributed by atoms with Gasteiger partial charge in [0.1, 0.15) is 23.0 Å². The summed E-state index contributed by atoms with van der Waals surface area (Å²) < 4.78 is 13.7. The predicted octanol–water partition coefficient (Wildman–Crippen LogP) is 15.0. The molecule has 9 aromatic rings. The maximum Gasteiger partial charge on any atom is 0.137 e. The fourth-order valence-corrected chi connectivity index (χ4v) is 9.84. The SMILES string of the molecule is C[Si](C)(C)c1ccc(N(c2ccccc2)c2ccc3c(c2)Oc2ccc4c5c(ccc-3c25)Oc2cc(N(c3ccccc3)c3ccc5ccccc5c3)ccc2-4)cc1. The van der Waals surface area contributed by atoms with E-state index >= 15 is 0 Å². The summed E-state index contributed by atoms with van der Waals surface area (Å²) in [6.45, 7) is 7.16. The lowest BCUT2D eigenvalue weighted by Gasteiger charge is -2.30. The fourth-order valence-electron chi connectivity index (χ4n) is 8.68. The van der Waals surface area contributed by atoms with Crippen molar-refractivity contribution >= 4 is 68.9 Å². The number of hydrogen-bond acceptors (Lipinski definition) is 4. The van der Waals surface area contributed by atoms with E-state index in [4.69, 9.17) is 9.47 Å². The number of hydrogen-bond donors (Lipinski definition) is 0. The lowest BCUT2D eigenvalue weighted by atomic mass is 9.88. The highest BCUT2D eigenvalue weighted by Crippen LogP contribution is 2.56. The van der Waals surface area contributed by atoms with Gasteiger partial charge in [-0.2, -0.15) is 0 Å². The van der Waals surface area contributed by atoms with Crippen LogP contribution in [0.3, 0.4) is 0 Å². The molecule has 9 aromatic carbocycles. The van der Waals surface area contributed by atoms with Gasteiger partial charge >= 0.3 is 0 Å². The van der Waals surface area contributed by atoms with E-state index in [1.54, 1.807) is 0 Å². The number of anilines is 6. The molecule has 0 N–H and O–H groups in total. The minimum Gasteiger partial charge on any atom is -0.456 e. The first kappa shape index (κ1) is 34.2. The molecule has 278 valence electrons. The van der Waals surface area contributed by atoms with Gasteiger partial charge in [0.25, 0.3) is 0 Å². The highest BCUT2D eigenvalue weighted by molar-refractivity contribution is 6.88. The molecule has 11 rings (SSSR count). The average Bonchev–Trinajstić information content (AvgIpc) is 3.25. The molecule has 4 nitrogen and oxygen atoms in total. The molecule has 0 fully saturated rings. The van der Waals surface area contributed by atoms with Crippen molar-refractivity contribution < 1.29 is 9.47 Å². The van der Waals surface area contributed by atoms with Gasteiger partial charge in [-0.3, -0.25) is 0 Å². The van der Waals surface area contributed by atoms with Crippen molar-refractivity contribution in [3.05, 3.63) is 188 Å². The van der Waals surface area contributed by atoms with Crippen LogP contribution >= 0.6 is 0 Å². The van der Waals surface area contributed by atoms with Crippen LogP contribution in [-0.4, -0.2) is 8.07 Å². The van der Waals surface area contributed by atoms with Crippen molar-refractivity contribution in [2.75, 3.05) is 9.80 Å². The van der Waals surface area contributed by atoms with Crippen LogP contribution in [0.5, 0.6) is 23.0 Å². The van der Waals surface area contributed by atoms with E-state index in [1.165, 1.54) is 16.0 Å². The van der Waals surface area contributed by atoms with Crippen molar-refractivity contribution in [2.24, 2.45) is 0 Å². The Morgan fingerprint density at radius 3 is 1.28 bits per heavy atom. The molecule has 58 heavy (non-hydrogen) atoms. The largest absolute Gasteiger partial charge is 0.456 e. The van der Waals surface area contributed by atoms with Crippen LogP contribution in [-0.2, 0) is 0 Å². The Balaban J connectivity index is 0.988. The van der Waals surface area contributed by atoms with Gasteiger partial charge in [0.2, 0.25) is 0 Å². The molecule has 0 amide bonds. The van der Waals surface area contributed by atoms with E-state index in [9.17, 15) is 0 Å². The van der Waals surface area contributed by atoms with Crippen molar-refractivity contribution in [2.45, 2.75) is 19.6 Å². The minimum absolute atomic E-state index is 0.829. The minimum atomic E-state index is -1.44. The average molecular weight is 765 g/mol. The summed E-state index contributed by atoms with van der Waals surface area (Å²) in [5.74, 6) is 3.33. The van der Waals surface area contributed by atoms with Crippen molar-refractivity contribution in [1.82, 2.24) is 0 Å². The topological polar surface area (TPSA) is 24.9 Å². The van der Waals surface area contributed by atoms with Gasteiger partial charge in [0.05, 0.1) is 8.07 Å². The summed E-state index contributed by atoms with van der Waals surface area (Å²) in [5.41, 5.74) is 10.9. The van der Waals surface area contributed by atoms with Crippen LogP contribution in [0.25, 0.3) is 43.8 Å². The van der Waals surface area contributed by atoms with Crippen LogP contribution in [0.4, 0.5) is 34.1 Å². The van der Waals surface area contributed by atoms with Crippen LogP contribution in [0.2, 0.25) is 19.6 Å². The van der Waals surface area contributed by atoms with E-state index < -0.39 is 8.07 Å². The number of para-hydroxylation sites is 2. The maximum absolute atomic E-state index is 6.84. The third-order valence-corrected chi connectivity index (χ3v) is 13.6. The molecule has 0 aliphatic carbocycles. The zero-order valence-electron chi connectivity index (χ0n) is 32.6. The quantitative estimate of drug-likeness (QED) is 0.151. The zero-order chi connectivity index (χ0) is 39.0. The zero-order valence-corrected chi connectivity index (χ0v) is 33.6. The van der Waals surface area contributed by atoms with Gasteiger partial charge in [0.15, 0.2) is 0 Å². The second-order valence-electron chi connectivity index (χ2n) is 16.2. The van der Waals surface area contributed by atoms with Gasteiger partial charge in [-0.25, -0.2) is 0 Å². The highest BCUT2D eigenvalue weighted by atomic mass is 28.3. The number of nitrogens with zero attached hydrogens (tertiary/aromatic N) is 2. The molecule has 0 bridgehead atoms. The van der Waals surface area contributed by atoms with Crippen LogP contribution in [0, 0.1) is 0 Å². The third-order valence-electron chi connectivity index (χ3n) is 11.6. The lowest BCUT2D eigenvalue weighted by molar-refractivity contribution is 0.480. The second kappa shape index (κ2) is 13.3. The Bertz CT molecular complexity index is 3050. The van der Waals surface area contributed by atoms with Crippen molar-refractivity contribution in [1.29, 1.82) is 0 Å². The summed E-state index contributed by atoms with van der Waals surface area (Å²) in [7, 11) is -1.44. The number of ether oxygens (including phenoxy) is 2. The normalized spacial score (nSPS) is 12.3. The Kier molecular flexibility index (Phi) is 7.82. The van der Waals surface area contributed by atoms with E-state index in [0.717, 1.165) is 90.1 Å². The number of fused-ring (bicyclic) bond motifs is 5. The number of benzene rings is 9. The molecule has 0 spiro atoms. The molecule has 0 unspecified atom stereocenters. The highest BCUT2D eigenvalue weighted by Gasteiger charge is 2.29. The summed E-state index contributed by atoms with van der Waals surface area (Å²) in [6, 6.07) is 67.1. The van der Waals surface area contributed by atoms with E-state index in [-0.39, 0.29) is 0 Å². The molecule has 0 atom stereocenters. The standard InChI is InChI=1S/C53H40N2O2Si/c1-58(2,3)43-24-20-39(21-25-43)54(37-14-6-4-7-15-37)41-22-26-44-46-28-31-49-53-47(29-30-48(52(46)53)56-50(44)33-41)45-27-23-42(34-51(45)57-49)55(38-16-8-5-9-17-38)40-19-18-35-12-10-11-13-36(35)32-40/h4-34H,1-3H3.